The highest BCUT2D eigenvalue weighted by molar-refractivity contribution is 9.10. The number of aryl methyl sites for hydroxylation is 2. The molecule has 5 nitrogen and oxygen atoms in total. The first-order valence-corrected chi connectivity index (χ1v) is 10.4. The maximum Gasteiger partial charge on any atom is 0.262 e. The van der Waals surface area contributed by atoms with Gasteiger partial charge < -0.3 is 5.32 Å². The third kappa shape index (κ3) is 4.59. The van der Waals surface area contributed by atoms with Gasteiger partial charge in [-0.3, -0.25) is 14.2 Å². The fourth-order valence-corrected chi connectivity index (χ4v) is 4.16. The van der Waals surface area contributed by atoms with E-state index in [9.17, 15) is 9.59 Å². The van der Waals surface area contributed by atoms with Gasteiger partial charge in [0.15, 0.2) is 5.16 Å². The molecule has 0 aliphatic carbocycles. The number of fused-ring (bicyclic) bond motifs is 1. The van der Waals surface area contributed by atoms with Crippen LogP contribution in [0.2, 0.25) is 0 Å². The first-order valence-electron chi connectivity index (χ1n) is 8.58. The topological polar surface area (TPSA) is 64.0 Å². The van der Waals surface area contributed by atoms with Crippen LogP contribution in [0.4, 0.5) is 5.69 Å². The number of thioether (sulfide) groups is 1. The van der Waals surface area contributed by atoms with Crippen LogP contribution in [0.3, 0.4) is 0 Å². The number of rotatable bonds is 5. The van der Waals surface area contributed by atoms with Crippen molar-refractivity contribution in [1.82, 2.24) is 9.55 Å². The summed E-state index contributed by atoms with van der Waals surface area (Å²) in [5.74, 6) is 0.0550. The molecule has 0 saturated heterocycles. The fourth-order valence-electron chi connectivity index (χ4n) is 2.94. The SMILES string of the molecule is CCn1c(SCC(=O)Nc2cc(C)cc(C)c2)nc2ccc(Br)cc2c1=O. The number of nitrogens with one attached hydrogen (secondary N) is 1. The number of nitrogens with zero attached hydrogens (tertiary/aromatic N) is 2. The Morgan fingerprint density at radius 1 is 1.19 bits per heavy atom. The van der Waals surface area contributed by atoms with Crippen molar-refractivity contribution >= 4 is 50.2 Å². The third-order valence-electron chi connectivity index (χ3n) is 4.04. The number of hydrogen-bond acceptors (Lipinski definition) is 4. The molecule has 3 rings (SSSR count). The van der Waals surface area contributed by atoms with Crippen LogP contribution < -0.4 is 10.9 Å². The van der Waals surface area contributed by atoms with Crippen LogP contribution in [0.5, 0.6) is 0 Å². The second-order valence-electron chi connectivity index (χ2n) is 6.32. The van der Waals surface area contributed by atoms with E-state index in [1.165, 1.54) is 11.8 Å². The van der Waals surface area contributed by atoms with E-state index in [0.717, 1.165) is 21.3 Å². The van der Waals surface area contributed by atoms with E-state index in [2.05, 4.69) is 32.3 Å². The molecule has 0 radical (unpaired) electrons. The highest BCUT2D eigenvalue weighted by Gasteiger charge is 2.13. The van der Waals surface area contributed by atoms with Crippen LogP contribution in [0, 0.1) is 13.8 Å². The quantitative estimate of drug-likeness (QED) is 0.462. The van der Waals surface area contributed by atoms with E-state index in [0.29, 0.717) is 22.6 Å². The maximum absolute atomic E-state index is 12.7. The minimum Gasteiger partial charge on any atom is -0.325 e. The number of amides is 1. The van der Waals surface area contributed by atoms with E-state index >= 15 is 0 Å². The molecule has 3 aromatic rings. The first kappa shape index (κ1) is 19.6. The summed E-state index contributed by atoms with van der Waals surface area (Å²) in [6, 6.07) is 11.4. The average molecular weight is 446 g/mol. The molecule has 0 atom stereocenters. The molecule has 27 heavy (non-hydrogen) atoms. The predicted molar refractivity (Wildman–Crippen MR) is 115 cm³/mol. The molecule has 7 heteroatoms. The summed E-state index contributed by atoms with van der Waals surface area (Å²) in [4.78, 5) is 29.7. The lowest BCUT2D eigenvalue weighted by molar-refractivity contribution is -0.113. The molecular weight excluding hydrogens is 426 g/mol. The number of anilines is 1. The summed E-state index contributed by atoms with van der Waals surface area (Å²) < 4.78 is 2.44. The summed E-state index contributed by atoms with van der Waals surface area (Å²) >= 11 is 4.66. The van der Waals surface area contributed by atoms with Gasteiger partial charge in [0.05, 0.1) is 16.7 Å². The summed E-state index contributed by atoms with van der Waals surface area (Å²) in [5, 5.41) is 4.02. The van der Waals surface area contributed by atoms with Crippen molar-refractivity contribution in [2.75, 3.05) is 11.1 Å². The van der Waals surface area contributed by atoms with E-state index in [1.807, 2.05) is 39.0 Å². The number of halogens is 1. The molecule has 1 N–H and O–H groups in total. The Morgan fingerprint density at radius 2 is 1.89 bits per heavy atom. The van der Waals surface area contributed by atoms with Crippen molar-refractivity contribution in [2.24, 2.45) is 0 Å². The summed E-state index contributed by atoms with van der Waals surface area (Å²) in [6.45, 7) is 6.38. The molecule has 2 aromatic carbocycles. The van der Waals surface area contributed by atoms with Crippen LogP contribution in [0.25, 0.3) is 10.9 Å². The number of aromatic nitrogens is 2. The van der Waals surface area contributed by atoms with Crippen LogP contribution in [0.15, 0.2) is 50.8 Å². The largest absolute Gasteiger partial charge is 0.325 e. The van der Waals surface area contributed by atoms with E-state index < -0.39 is 0 Å². The lowest BCUT2D eigenvalue weighted by atomic mass is 10.1. The highest BCUT2D eigenvalue weighted by atomic mass is 79.9. The monoisotopic (exact) mass is 445 g/mol. The van der Waals surface area contributed by atoms with Crippen molar-refractivity contribution in [2.45, 2.75) is 32.5 Å². The number of carbonyl (C=O) groups excluding carboxylic acids is 1. The van der Waals surface area contributed by atoms with Gasteiger partial charge in [0, 0.05) is 16.7 Å². The van der Waals surface area contributed by atoms with E-state index in [-0.39, 0.29) is 17.2 Å². The molecule has 0 aliphatic heterocycles. The van der Waals surface area contributed by atoms with Gasteiger partial charge >= 0.3 is 0 Å². The smallest absolute Gasteiger partial charge is 0.262 e. The fraction of sp³-hybridized carbons (Fsp3) is 0.250. The minimum atomic E-state index is -0.127. The molecule has 0 fully saturated rings. The van der Waals surface area contributed by atoms with Gasteiger partial charge in [-0.2, -0.15) is 0 Å². The van der Waals surface area contributed by atoms with E-state index in [4.69, 9.17) is 0 Å². The van der Waals surface area contributed by atoms with Gasteiger partial charge in [-0.15, -0.1) is 0 Å². The number of benzene rings is 2. The first-order chi connectivity index (χ1) is 12.9. The summed E-state index contributed by atoms with van der Waals surface area (Å²) in [7, 11) is 0. The van der Waals surface area contributed by atoms with Crippen molar-refractivity contribution in [3.05, 3.63) is 62.4 Å². The van der Waals surface area contributed by atoms with Crippen molar-refractivity contribution in [1.29, 1.82) is 0 Å². The zero-order chi connectivity index (χ0) is 19.6. The van der Waals surface area contributed by atoms with Gasteiger partial charge in [-0.1, -0.05) is 33.8 Å². The number of hydrogen-bond donors (Lipinski definition) is 1. The zero-order valence-corrected chi connectivity index (χ0v) is 17.8. The molecule has 140 valence electrons. The lowest BCUT2D eigenvalue weighted by Crippen LogP contribution is -2.23. The van der Waals surface area contributed by atoms with Crippen molar-refractivity contribution < 1.29 is 4.79 Å². The maximum atomic E-state index is 12.7. The molecule has 1 aromatic heterocycles. The van der Waals surface area contributed by atoms with Crippen molar-refractivity contribution in [3.63, 3.8) is 0 Å². The van der Waals surface area contributed by atoms with Gasteiger partial charge in [0.2, 0.25) is 5.91 Å². The molecule has 1 amide bonds. The van der Waals surface area contributed by atoms with Gasteiger partial charge in [-0.05, 0) is 62.2 Å². The molecule has 0 spiro atoms. The van der Waals surface area contributed by atoms with Crippen LogP contribution in [-0.2, 0) is 11.3 Å². The average Bonchev–Trinajstić information content (AvgIpc) is 2.60. The predicted octanol–water partition coefficient (Wildman–Crippen LogP) is 4.53. The van der Waals surface area contributed by atoms with E-state index in [1.54, 1.807) is 16.7 Å². The second kappa shape index (κ2) is 8.27. The van der Waals surface area contributed by atoms with Gasteiger partial charge in [0.1, 0.15) is 0 Å². The Bertz CT molecular complexity index is 1060. The van der Waals surface area contributed by atoms with Crippen molar-refractivity contribution in [3.8, 4) is 0 Å². The van der Waals surface area contributed by atoms with Gasteiger partial charge in [0.25, 0.3) is 5.56 Å². The normalized spacial score (nSPS) is 11.0. The summed E-state index contributed by atoms with van der Waals surface area (Å²) in [5.41, 5.74) is 3.51. The van der Waals surface area contributed by atoms with Crippen LogP contribution in [-0.4, -0.2) is 21.2 Å². The summed E-state index contributed by atoms with van der Waals surface area (Å²) in [6.07, 6.45) is 0. The number of carbonyl (C=O) groups is 1. The standard InChI is InChI=1S/C20H20BrN3O2S/c1-4-24-19(26)16-10-14(21)5-6-17(16)23-20(24)27-11-18(25)22-15-8-12(2)7-13(3)9-15/h5-10H,4,11H2,1-3H3,(H,22,25). The Labute approximate surface area is 170 Å². The second-order valence-corrected chi connectivity index (χ2v) is 8.18. The lowest BCUT2D eigenvalue weighted by Gasteiger charge is -2.12. The minimum absolute atomic E-state index is 0.0963. The Hall–Kier alpha value is -2.12. The molecule has 0 unspecified atom stereocenters. The Balaban J connectivity index is 1.81. The highest BCUT2D eigenvalue weighted by Crippen LogP contribution is 2.21. The molecule has 0 bridgehead atoms. The Morgan fingerprint density at radius 3 is 2.56 bits per heavy atom. The molecule has 1 heterocycles. The molecule has 0 saturated carbocycles. The Kier molecular flexibility index (Phi) is 6.01. The molecule has 0 aliphatic rings. The van der Waals surface area contributed by atoms with Gasteiger partial charge in [-0.25, -0.2) is 4.98 Å². The molecular formula is C20H20BrN3O2S. The third-order valence-corrected chi connectivity index (χ3v) is 5.50. The van der Waals surface area contributed by atoms with Crippen LogP contribution in [0.1, 0.15) is 18.1 Å². The zero-order valence-electron chi connectivity index (χ0n) is 15.4. The van der Waals surface area contributed by atoms with Crippen LogP contribution >= 0.6 is 27.7 Å².